The number of anilines is 4. The Balaban J connectivity index is 0.000000288. The SMILES string of the molecule is CCC(C)Cc1c(F)ccc([N+](=O)[O-])c1F.CCC(C)Cc1c(F)ccc([N+](=O)[O-])c1NCCCN(C)C.CCC(O)Cc1c(F)cccc1F.CCC1Cc2c(ccc([N+](=O)[O-])c2NCCCN(C)C)O1.CN(C)CCCNc1c([N+](=O)[O-])ccc2c1CC(CN(C)C)O2.CN(C)CCCn1c(N)nc2ccc3c(c21)CC(CN(C)C)O3.Fc1cccc(F)c1CBr.OCC(O)Cc1c(F)cccc1F. The maximum absolute atomic E-state index is 14.2. The van der Waals surface area contributed by atoms with Crippen molar-refractivity contribution >= 4 is 72.7 Å². The minimum absolute atomic E-state index is 0.0307. The number of alkyl halides is 1. The summed E-state index contributed by atoms with van der Waals surface area (Å²) in [6.07, 6.45) is 8.26. The van der Waals surface area contributed by atoms with Gasteiger partial charge in [-0.05, 0) is 247 Å². The van der Waals surface area contributed by atoms with E-state index in [1.54, 1.807) is 19.1 Å². The van der Waals surface area contributed by atoms with Gasteiger partial charge in [-0.2, -0.15) is 4.39 Å². The number of aryl methyl sites for hydroxylation is 1. The van der Waals surface area contributed by atoms with E-state index < -0.39 is 80.9 Å². The normalized spacial score (nSPS) is 14.4. The Bertz CT molecular complexity index is 5320. The van der Waals surface area contributed by atoms with E-state index in [9.17, 15) is 85.1 Å². The number of aromatic nitrogens is 2. The van der Waals surface area contributed by atoms with E-state index in [0.29, 0.717) is 67.5 Å². The topological polar surface area (TPSA) is 360 Å². The highest BCUT2D eigenvalue weighted by atomic mass is 79.9. The average Bonchev–Trinajstić information content (AvgIpc) is 1.60. The van der Waals surface area contributed by atoms with Gasteiger partial charge >= 0.3 is 5.69 Å². The average molecular weight is 2060 g/mol. The number of nitrogens with two attached hydrogens (primary N) is 1. The third-order valence-corrected chi connectivity index (χ3v) is 23.6. The second-order valence-electron chi connectivity index (χ2n) is 36.4. The van der Waals surface area contributed by atoms with Crippen LogP contribution >= 0.6 is 15.9 Å². The van der Waals surface area contributed by atoms with Crippen LogP contribution in [0.4, 0.5) is 85.3 Å². The molecule has 0 aliphatic carbocycles. The van der Waals surface area contributed by atoms with E-state index in [2.05, 4.69) is 101 Å². The number of rotatable bonds is 41. The van der Waals surface area contributed by atoms with Crippen molar-refractivity contribution in [2.24, 2.45) is 11.8 Å². The molecule has 0 amide bonds. The number of nitro benzene ring substituents is 4. The number of ether oxygens (including phenoxy) is 3. The number of likely N-dealkylation sites (N-methyl/N-ethyl adjacent to an activating group) is 2. The summed E-state index contributed by atoms with van der Waals surface area (Å²) in [5, 5.41) is 80.8. The molecule has 0 radical (unpaired) electrons. The molecule has 9 aromatic rings. The Morgan fingerprint density at radius 1 is 0.433 bits per heavy atom. The molecule has 0 bridgehead atoms. The van der Waals surface area contributed by atoms with Gasteiger partial charge in [0, 0.05) is 145 Å². The van der Waals surface area contributed by atoms with E-state index in [0.717, 1.165) is 167 Å². The number of hydrogen-bond donors (Lipinski definition) is 7. The summed E-state index contributed by atoms with van der Waals surface area (Å²) in [6, 6.07) is 25.8. The van der Waals surface area contributed by atoms with Crippen LogP contribution in [0.15, 0.2) is 115 Å². The van der Waals surface area contributed by atoms with Gasteiger partial charge in [-0.25, -0.2) is 40.1 Å². The maximum Gasteiger partial charge on any atom is 0.305 e. The van der Waals surface area contributed by atoms with Gasteiger partial charge in [0.15, 0.2) is 0 Å². The molecule has 40 heteroatoms. The van der Waals surface area contributed by atoms with Gasteiger partial charge < -0.3 is 85.2 Å². The monoisotopic (exact) mass is 2050 g/mol. The fraction of sp³-hybridized carbons (Fsp3) is 0.515. The number of hydrogen-bond acceptors (Lipinski definition) is 25. The molecule has 3 aliphatic rings. The Labute approximate surface area is 829 Å². The quantitative estimate of drug-likeness (QED) is 0.00615. The van der Waals surface area contributed by atoms with E-state index in [-0.39, 0.29) is 110 Å². The molecule has 7 unspecified atom stereocenters. The summed E-state index contributed by atoms with van der Waals surface area (Å²) in [5.74, 6) is -2.24. The van der Waals surface area contributed by atoms with Gasteiger partial charge in [0.05, 0.1) is 49.5 Å². The Morgan fingerprint density at radius 3 is 1.16 bits per heavy atom. The highest BCUT2D eigenvalue weighted by molar-refractivity contribution is 9.08. The number of nitro groups is 4. The summed E-state index contributed by atoms with van der Waals surface area (Å²) in [5.41, 5.74) is 12.7. The Hall–Kier alpha value is -11.1. The van der Waals surface area contributed by atoms with Crippen molar-refractivity contribution in [2.75, 3.05) is 172 Å². The summed E-state index contributed by atoms with van der Waals surface area (Å²) >= 11 is 2.98. The predicted octanol–water partition coefficient (Wildman–Crippen LogP) is 19.1. The summed E-state index contributed by atoms with van der Waals surface area (Å²) in [4.78, 5) is 59.5. The Kier molecular flexibility index (Phi) is 52.1. The van der Waals surface area contributed by atoms with Gasteiger partial charge in [-0.3, -0.25) is 40.5 Å². The first-order valence-corrected chi connectivity index (χ1v) is 48.2. The Morgan fingerprint density at radius 2 is 0.773 bits per heavy atom. The van der Waals surface area contributed by atoms with E-state index in [4.69, 9.17) is 30.2 Å². The predicted molar refractivity (Wildman–Crippen MR) is 541 cm³/mol. The first-order chi connectivity index (χ1) is 66.7. The minimum Gasteiger partial charge on any atom is -0.490 e. The lowest BCUT2D eigenvalue weighted by Gasteiger charge is -2.16. The third kappa shape index (κ3) is 38.9. The van der Waals surface area contributed by atoms with Gasteiger partial charge in [0.25, 0.3) is 17.1 Å². The lowest BCUT2D eigenvalue weighted by molar-refractivity contribution is -0.387. The van der Waals surface area contributed by atoms with E-state index in [1.165, 1.54) is 72.3 Å². The van der Waals surface area contributed by atoms with Crippen LogP contribution in [0, 0.1) is 105 Å². The highest BCUT2D eigenvalue weighted by Gasteiger charge is 2.34. The first-order valence-electron chi connectivity index (χ1n) is 47.1. The van der Waals surface area contributed by atoms with Crippen LogP contribution in [-0.4, -0.2) is 255 Å². The van der Waals surface area contributed by atoms with Crippen LogP contribution in [0.25, 0.3) is 11.0 Å². The fourth-order valence-corrected chi connectivity index (χ4v) is 15.7. The lowest BCUT2D eigenvalue weighted by atomic mass is 9.96. The molecule has 8 N–H and O–H groups in total. The number of halogens is 10. The molecule has 0 spiro atoms. The van der Waals surface area contributed by atoms with Crippen molar-refractivity contribution < 1.29 is 88.7 Å². The second-order valence-corrected chi connectivity index (χ2v) is 36.9. The number of nitrogens with zero attached hydrogens (tertiary/aromatic N) is 12. The van der Waals surface area contributed by atoms with E-state index >= 15 is 0 Å². The number of imidazole rings is 1. The number of nitrogens with one attached hydrogen (secondary N) is 3. The standard InChI is InChI=1S/C17H27N5O.C16H26FN3O2.C16H26N4O3.C15H23N3O3.C11H13F2NO2.C10H12F2O.C9H10F2O2.C7H5BrF2/c1-20(2)8-5-9-22-16-13-10-12(11-21(3)4)23-15(13)7-6-14(16)19-17(22)18;1-5-12(2)11-13-14(17)7-8-15(20(21)22)16(13)18-9-6-10-19(3)4;1-18(2)9-5-8-17-16-13-10-12(11-19(3)4)23-15(13)7-6-14(16)20(21)22;1-4-11-10-12-14(21-11)7-6-13(18(19)20)15(12)16-8-5-9-17(2)3;1-3-7(2)6-8-9(12)4-5-10(11(8)13)14(15)16;1-2-7(13)6-8-9(11)4-3-5-10(8)12;10-8-2-1-3-9(11)7(8)4-6(13)5-12;8-4-5-6(9)2-1-3-7(5)10/h6-7,12H,5,8-11H2,1-4H3,(H2,18,19);7-8,12,18H,5-6,9-11H2,1-4H3;6-7,12,17H,5,8-11H2,1-4H3;6-7,11,16H,4-5,8-10H2,1-3H3;4-5,7H,3,6H2,1-2H3;3-5,7,13H,2,6H2,1H3;1-3,6,12-13H,4-5H2;1-3H,4H2. The van der Waals surface area contributed by atoms with Crippen LogP contribution in [0.2, 0.25) is 0 Å². The number of aliphatic hydroxyl groups excluding tert-OH is 3. The maximum atomic E-state index is 14.2. The molecule has 1 aromatic heterocycles. The highest BCUT2D eigenvalue weighted by Crippen LogP contribution is 2.44. The van der Waals surface area contributed by atoms with Crippen molar-refractivity contribution in [3.05, 3.63) is 253 Å². The fourth-order valence-electron chi connectivity index (χ4n) is 15.2. The minimum atomic E-state index is -1.12. The molecular weight excluding hydrogens is 1910 g/mol. The molecular formula is C101H142BrF9N16O14. The van der Waals surface area contributed by atoms with Crippen LogP contribution in [0.3, 0.4) is 0 Å². The lowest BCUT2D eigenvalue weighted by Crippen LogP contribution is -2.29. The number of benzene rings is 8. The molecule has 8 aromatic carbocycles. The van der Waals surface area contributed by atoms with Crippen LogP contribution in [-0.2, 0) is 56.8 Å². The largest absolute Gasteiger partial charge is 0.490 e. The molecule has 0 saturated carbocycles. The van der Waals surface area contributed by atoms with Gasteiger partial charge in [-0.1, -0.05) is 88.5 Å². The molecule has 30 nitrogen and oxygen atoms in total. The van der Waals surface area contributed by atoms with Crippen LogP contribution in [0.5, 0.6) is 17.2 Å². The summed E-state index contributed by atoms with van der Waals surface area (Å²) in [6.45, 7) is 19.5. The van der Waals surface area contributed by atoms with Crippen molar-refractivity contribution in [1.82, 2.24) is 39.0 Å². The second kappa shape index (κ2) is 61.0. The molecule has 3 aliphatic heterocycles. The molecule has 7 atom stereocenters. The van der Waals surface area contributed by atoms with Crippen molar-refractivity contribution in [3.63, 3.8) is 0 Å². The van der Waals surface area contributed by atoms with Gasteiger partial charge in [0.2, 0.25) is 11.8 Å². The molecule has 0 fully saturated rings. The van der Waals surface area contributed by atoms with Crippen LogP contribution < -0.4 is 35.9 Å². The molecule has 141 heavy (non-hydrogen) atoms. The smallest absolute Gasteiger partial charge is 0.305 e. The molecule has 4 heterocycles. The zero-order chi connectivity index (χ0) is 105. The van der Waals surface area contributed by atoms with Gasteiger partial charge in [0.1, 0.15) is 99.2 Å². The number of nitrogen functional groups attached to an aromatic ring is 1. The third-order valence-electron chi connectivity index (χ3n) is 23.1. The first kappa shape index (κ1) is 120. The zero-order valence-electron chi connectivity index (χ0n) is 84.2. The molecule has 780 valence electrons. The van der Waals surface area contributed by atoms with Gasteiger partial charge in [-0.15, -0.1) is 0 Å². The summed E-state index contributed by atoms with van der Waals surface area (Å²) in [7, 11) is 24.3. The number of aliphatic hydroxyl groups is 3. The van der Waals surface area contributed by atoms with E-state index in [1.807, 2.05) is 101 Å². The molecule has 12 rings (SSSR count). The summed E-state index contributed by atoms with van der Waals surface area (Å²) < 4.78 is 138. The molecule has 0 saturated heterocycles. The van der Waals surface area contributed by atoms with Crippen molar-refractivity contribution in [3.8, 4) is 17.2 Å². The number of fused-ring (bicyclic) bond motifs is 5. The van der Waals surface area contributed by atoms with Crippen molar-refractivity contribution in [1.29, 1.82) is 0 Å². The van der Waals surface area contributed by atoms with Crippen LogP contribution in [0.1, 0.15) is 137 Å². The van der Waals surface area contributed by atoms with Crippen molar-refractivity contribution in [2.45, 2.75) is 180 Å². The zero-order valence-corrected chi connectivity index (χ0v) is 85.7.